The highest BCUT2D eigenvalue weighted by molar-refractivity contribution is 7.86. The van der Waals surface area contributed by atoms with E-state index in [0.717, 1.165) is 0 Å². The highest BCUT2D eigenvalue weighted by Gasteiger charge is 2.12. The molecule has 0 aliphatic carbocycles. The molecule has 0 fully saturated rings. The number of nitro groups is 1. The summed E-state index contributed by atoms with van der Waals surface area (Å²) in [4.78, 5) is 8.84. The fourth-order valence-electron chi connectivity index (χ4n) is 0.234. The van der Waals surface area contributed by atoms with E-state index in [2.05, 4.69) is 10.2 Å². The summed E-state index contributed by atoms with van der Waals surface area (Å²) in [7, 11) is -3.88. The van der Waals surface area contributed by atoms with Crippen LogP contribution in [-0.2, 0) is 14.4 Å². The normalized spacial score (nSPS) is 11.3. The molecule has 60 valence electrons. The minimum Gasteiger partial charge on any atom is -0.265 e. The first-order chi connectivity index (χ1) is 4.48. The van der Waals surface area contributed by atoms with Crippen molar-refractivity contribution >= 4 is 10.1 Å². The second kappa shape index (κ2) is 3.44. The maximum absolute atomic E-state index is 10.3. The van der Waals surface area contributed by atoms with Crippen LogP contribution in [0, 0.1) is 10.1 Å². The van der Waals surface area contributed by atoms with Crippen molar-refractivity contribution < 1.29 is 17.6 Å². The van der Waals surface area contributed by atoms with Gasteiger partial charge in [0.25, 0.3) is 10.1 Å². The zero-order chi connectivity index (χ0) is 8.20. The topological polar surface area (TPSA) is 113 Å². The van der Waals surface area contributed by atoms with E-state index in [0.29, 0.717) is 0 Å². The van der Waals surface area contributed by atoms with Crippen molar-refractivity contribution in [3.8, 4) is 0 Å². The molecule has 0 aromatic carbocycles. The number of hydrogen-bond donors (Lipinski definition) is 1. The van der Waals surface area contributed by atoms with Crippen molar-refractivity contribution in [1.82, 2.24) is 0 Å². The Morgan fingerprint density at radius 3 is 2.40 bits per heavy atom. The van der Waals surface area contributed by atoms with Crippen molar-refractivity contribution in [1.29, 1.82) is 0 Å². The number of nitrogens with zero attached hydrogens (tertiary/aromatic N) is 1. The fourth-order valence-corrected chi connectivity index (χ4v) is 0.703. The summed E-state index contributed by atoms with van der Waals surface area (Å²) >= 11 is 0. The van der Waals surface area contributed by atoms with E-state index >= 15 is 0 Å². The van der Waals surface area contributed by atoms with Gasteiger partial charge in [-0.15, -0.1) is 0 Å². The lowest BCUT2D eigenvalue weighted by atomic mass is 10.8. The number of nitrogens with two attached hydrogens (primary N) is 1. The minimum absolute atomic E-state index is 0.695. The zero-order valence-electron chi connectivity index (χ0n) is 4.89. The van der Waals surface area contributed by atoms with Crippen LogP contribution in [0.2, 0.25) is 0 Å². The predicted molar refractivity (Wildman–Crippen MR) is 30.9 cm³/mol. The summed E-state index contributed by atoms with van der Waals surface area (Å²) in [5.41, 5.74) is 0. The Bertz CT molecular complexity index is 208. The van der Waals surface area contributed by atoms with Gasteiger partial charge in [-0.25, -0.2) is 0 Å². The molecule has 0 aliphatic heterocycles. The molecule has 2 N–H and O–H groups in total. The average Bonchev–Trinajstić information content (AvgIpc) is 1.85. The van der Waals surface area contributed by atoms with Gasteiger partial charge in [-0.05, 0) is 0 Å². The molecule has 0 amide bonds. The maximum Gasteiger partial charge on any atom is 0.289 e. The van der Waals surface area contributed by atoms with Crippen LogP contribution in [0.15, 0.2) is 0 Å². The monoisotopic (exact) mass is 170 g/mol. The second-order valence-corrected chi connectivity index (χ2v) is 3.13. The smallest absolute Gasteiger partial charge is 0.265 e. The van der Waals surface area contributed by atoms with Gasteiger partial charge in [-0.3, -0.25) is 10.1 Å². The third-order valence-corrected chi connectivity index (χ3v) is 1.65. The molecule has 0 unspecified atom stereocenters. The van der Waals surface area contributed by atoms with Gasteiger partial charge in [0.15, 0.2) is 0 Å². The van der Waals surface area contributed by atoms with Gasteiger partial charge >= 0.3 is 0 Å². The van der Waals surface area contributed by atoms with Crippen LogP contribution < -0.4 is 5.90 Å². The third-order valence-electron chi connectivity index (χ3n) is 0.670. The van der Waals surface area contributed by atoms with Crippen molar-refractivity contribution in [2.24, 2.45) is 5.90 Å². The molecule has 10 heavy (non-hydrogen) atoms. The van der Waals surface area contributed by atoms with E-state index in [4.69, 9.17) is 0 Å². The van der Waals surface area contributed by atoms with Gasteiger partial charge in [-0.2, -0.15) is 18.6 Å². The molecule has 0 atom stereocenters. The summed E-state index contributed by atoms with van der Waals surface area (Å²) in [5, 5.41) is 9.61. The summed E-state index contributed by atoms with van der Waals surface area (Å²) in [5.74, 6) is 3.58. The average molecular weight is 170 g/mol. The SMILES string of the molecule is NOS(=O)(=O)CC[N+](=O)[O-]. The Morgan fingerprint density at radius 1 is 1.60 bits per heavy atom. The summed E-state index contributed by atoms with van der Waals surface area (Å²) in [6.45, 7) is -0.695. The molecular weight excluding hydrogens is 164 g/mol. The summed E-state index contributed by atoms with van der Waals surface area (Å²) < 4.78 is 24.0. The van der Waals surface area contributed by atoms with E-state index in [-0.39, 0.29) is 0 Å². The molecule has 0 aromatic heterocycles. The summed E-state index contributed by atoms with van der Waals surface area (Å²) in [6, 6.07) is 0. The van der Waals surface area contributed by atoms with E-state index in [9.17, 15) is 18.5 Å². The Kier molecular flexibility index (Phi) is 3.19. The lowest BCUT2D eigenvalue weighted by Crippen LogP contribution is -2.20. The molecule has 0 saturated heterocycles. The van der Waals surface area contributed by atoms with E-state index in [1.54, 1.807) is 0 Å². The second-order valence-electron chi connectivity index (χ2n) is 1.41. The molecular formula is C2H6N2O5S. The quantitative estimate of drug-likeness (QED) is 0.405. The van der Waals surface area contributed by atoms with Gasteiger partial charge < -0.3 is 0 Å². The van der Waals surface area contributed by atoms with Gasteiger partial charge in [-0.1, -0.05) is 0 Å². The number of rotatable bonds is 4. The molecule has 0 heterocycles. The van der Waals surface area contributed by atoms with E-state index < -0.39 is 27.3 Å². The van der Waals surface area contributed by atoms with Crippen LogP contribution in [0.5, 0.6) is 0 Å². The van der Waals surface area contributed by atoms with Gasteiger partial charge in [0, 0.05) is 4.92 Å². The predicted octanol–water partition coefficient (Wildman–Crippen LogP) is -1.52. The first-order valence-corrected chi connectivity index (χ1v) is 3.78. The van der Waals surface area contributed by atoms with Crippen molar-refractivity contribution in [3.63, 3.8) is 0 Å². The molecule has 0 saturated carbocycles. The van der Waals surface area contributed by atoms with Crippen LogP contribution >= 0.6 is 0 Å². The lowest BCUT2D eigenvalue weighted by Gasteiger charge is -1.93. The Balaban J connectivity index is 3.81. The maximum atomic E-state index is 10.3. The van der Waals surface area contributed by atoms with Crippen LogP contribution in [-0.4, -0.2) is 25.6 Å². The first-order valence-electron chi connectivity index (χ1n) is 2.21. The van der Waals surface area contributed by atoms with Crippen molar-refractivity contribution in [2.45, 2.75) is 0 Å². The van der Waals surface area contributed by atoms with Crippen LogP contribution in [0.25, 0.3) is 0 Å². The Morgan fingerprint density at radius 2 is 2.10 bits per heavy atom. The van der Waals surface area contributed by atoms with Crippen molar-refractivity contribution in [2.75, 3.05) is 12.3 Å². The van der Waals surface area contributed by atoms with Gasteiger partial charge in [0.1, 0.15) is 5.75 Å². The van der Waals surface area contributed by atoms with Gasteiger partial charge in [0.05, 0.1) is 0 Å². The molecule has 7 nitrogen and oxygen atoms in total. The third kappa shape index (κ3) is 4.18. The van der Waals surface area contributed by atoms with E-state index in [1.165, 1.54) is 0 Å². The molecule has 0 spiro atoms. The van der Waals surface area contributed by atoms with Crippen LogP contribution in [0.4, 0.5) is 0 Å². The minimum atomic E-state index is -3.88. The Hall–Kier alpha value is -0.730. The fraction of sp³-hybridized carbons (Fsp3) is 1.00. The van der Waals surface area contributed by atoms with Gasteiger partial charge in [0.2, 0.25) is 6.54 Å². The summed E-state index contributed by atoms with van der Waals surface area (Å²) in [6.07, 6.45) is 0. The highest BCUT2D eigenvalue weighted by atomic mass is 32.2. The largest absolute Gasteiger partial charge is 0.289 e. The highest BCUT2D eigenvalue weighted by Crippen LogP contribution is 1.86. The molecule has 0 radical (unpaired) electrons. The molecule has 8 heteroatoms. The van der Waals surface area contributed by atoms with Crippen molar-refractivity contribution in [3.05, 3.63) is 10.1 Å². The van der Waals surface area contributed by atoms with E-state index in [1.807, 2.05) is 0 Å². The van der Waals surface area contributed by atoms with Crippen LogP contribution in [0.3, 0.4) is 0 Å². The molecule has 0 aliphatic rings. The molecule has 0 bridgehead atoms. The first kappa shape index (κ1) is 9.27. The zero-order valence-corrected chi connectivity index (χ0v) is 5.70. The lowest BCUT2D eigenvalue weighted by molar-refractivity contribution is -0.474. The molecule has 0 rings (SSSR count). The number of hydrogen-bond acceptors (Lipinski definition) is 6. The molecule has 0 aromatic rings. The standard InChI is InChI=1S/C2H6N2O5S/c3-9-10(7,8)2-1-4(5)6/h1-3H2. The van der Waals surface area contributed by atoms with Crippen LogP contribution in [0.1, 0.15) is 0 Å². The Labute approximate surface area is 57.0 Å².